The van der Waals surface area contributed by atoms with Gasteiger partial charge in [0.1, 0.15) is 11.4 Å². The van der Waals surface area contributed by atoms with Gasteiger partial charge in [-0.2, -0.15) is 0 Å². The van der Waals surface area contributed by atoms with Crippen LogP contribution < -0.4 is 11.2 Å². The van der Waals surface area contributed by atoms with E-state index in [4.69, 9.17) is 0 Å². The van der Waals surface area contributed by atoms with E-state index in [1.807, 2.05) is 19.1 Å². The van der Waals surface area contributed by atoms with Gasteiger partial charge in [-0.1, -0.05) is 17.7 Å². The van der Waals surface area contributed by atoms with Gasteiger partial charge in [-0.3, -0.25) is 14.8 Å². The van der Waals surface area contributed by atoms with Crippen LogP contribution in [0.4, 0.5) is 14.5 Å². The van der Waals surface area contributed by atoms with Gasteiger partial charge in [-0.15, -0.1) is 0 Å². The molecular formula is C20H17F2N3O3. The Morgan fingerprint density at radius 1 is 1.07 bits per heavy atom. The topological polar surface area (TPSA) is 87.4 Å². The smallest absolute Gasteiger partial charge is 0.335 e. The van der Waals surface area contributed by atoms with Crippen molar-refractivity contribution in [3.8, 4) is 11.6 Å². The molecular weight excluding hydrogens is 368 g/mol. The highest BCUT2D eigenvalue weighted by molar-refractivity contribution is 5.84. The van der Waals surface area contributed by atoms with Crippen molar-refractivity contribution in [3.63, 3.8) is 0 Å². The van der Waals surface area contributed by atoms with Crippen molar-refractivity contribution in [1.29, 1.82) is 0 Å². The van der Waals surface area contributed by atoms with Crippen molar-refractivity contribution in [1.82, 2.24) is 9.55 Å². The van der Waals surface area contributed by atoms with Crippen LogP contribution in [-0.4, -0.2) is 20.9 Å². The number of hydrogen-bond donors (Lipinski definition) is 2. The molecule has 8 heteroatoms. The Labute approximate surface area is 158 Å². The molecule has 0 atom stereocenters. The Morgan fingerprint density at radius 3 is 2.32 bits per heavy atom. The molecule has 2 N–H and O–H groups in total. The maximum atomic E-state index is 13.7. The molecule has 0 spiro atoms. The van der Waals surface area contributed by atoms with E-state index in [-0.39, 0.29) is 11.3 Å². The van der Waals surface area contributed by atoms with Gasteiger partial charge in [-0.05, 0) is 44.0 Å². The van der Waals surface area contributed by atoms with Crippen LogP contribution in [0.25, 0.3) is 5.69 Å². The first-order chi connectivity index (χ1) is 13.2. The second kappa shape index (κ2) is 7.22. The van der Waals surface area contributed by atoms with E-state index >= 15 is 0 Å². The van der Waals surface area contributed by atoms with Crippen LogP contribution in [0.1, 0.15) is 22.3 Å². The van der Waals surface area contributed by atoms with Crippen molar-refractivity contribution >= 4 is 11.9 Å². The first kappa shape index (κ1) is 19.2. The highest BCUT2D eigenvalue weighted by Gasteiger charge is 2.17. The average Bonchev–Trinajstić information content (AvgIpc) is 2.58. The van der Waals surface area contributed by atoms with E-state index in [2.05, 4.69) is 9.98 Å². The lowest BCUT2D eigenvalue weighted by Crippen LogP contribution is -2.32. The molecule has 0 aliphatic heterocycles. The predicted molar refractivity (Wildman–Crippen MR) is 102 cm³/mol. The van der Waals surface area contributed by atoms with Gasteiger partial charge in [0.15, 0.2) is 5.82 Å². The molecule has 6 nitrogen and oxygen atoms in total. The summed E-state index contributed by atoms with van der Waals surface area (Å²) in [5.74, 6) is -2.32. The zero-order chi connectivity index (χ0) is 20.6. The molecule has 0 unspecified atom stereocenters. The van der Waals surface area contributed by atoms with Crippen molar-refractivity contribution in [2.75, 3.05) is 0 Å². The summed E-state index contributed by atoms with van der Waals surface area (Å²) in [5, 5.41) is 10.6. The SMILES string of the molecule is Cc1cc(C)c(-n2c(O)c(C=Nc3ccc(F)cc3F)c(=O)[nH]c2=O)c(C)c1. The normalized spacial score (nSPS) is 11.3. The fraction of sp³-hybridized carbons (Fsp3) is 0.150. The van der Waals surface area contributed by atoms with E-state index in [0.29, 0.717) is 11.8 Å². The number of H-pyrrole nitrogens is 1. The molecule has 0 bridgehead atoms. The number of nitrogens with one attached hydrogen (secondary N) is 1. The van der Waals surface area contributed by atoms with Crippen LogP contribution in [0.5, 0.6) is 5.88 Å². The number of aliphatic imine (C=N–C) groups is 1. The van der Waals surface area contributed by atoms with Gasteiger partial charge < -0.3 is 5.11 Å². The molecule has 144 valence electrons. The zero-order valence-corrected chi connectivity index (χ0v) is 15.4. The Bertz CT molecular complexity index is 1200. The molecule has 0 saturated carbocycles. The van der Waals surface area contributed by atoms with E-state index in [0.717, 1.165) is 39.6 Å². The number of rotatable bonds is 3. The first-order valence-electron chi connectivity index (χ1n) is 8.34. The summed E-state index contributed by atoms with van der Waals surface area (Å²) < 4.78 is 27.7. The van der Waals surface area contributed by atoms with Crippen molar-refractivity contribution in [2.45, 2.75) is 20.8 Å². The first-order valence-corrected chi connectivity index (χ1v) is 8.34. The second-order valence-corrected chi connectivity index (χ2v) is 6.43. The van der Waals surface area contributed by atoms with Crippen LogP contribution in [0.3, 0.4) is 0 Å². The molecule has 0 radical (unpaired) electrons. The second-order valence-electron chi connectivity index (χ2n) is 6.43. The number of aryl methyl sites for hydroxylation is 3. The van der Waals surface area contributed by atoms with Gasteiger partial charge >= 0.3 is 5.69 Å². The van der Waals surface area contributed by atoms with Crippen LogP contribution in [0, 0.1) is 32.4 Å². The summed E-state index contributed by atoms with van der Waals surface area (Å²) in [5.41, 5.74) is 0.582. The minimum absolute atomic E-state index is 0.222. The molecule has 0 aliphatic carbocycles. The molecule has 1 aromatic heterocycles. The molecule has 0 fully saturated rings. The predicted octanol–water partition coefficient (Wildman–Crippen LogP) is 3.19. The van der Waals surface area contributed by atoms with Crippen LogP contribution >= 0.6 is 0 Å². The monoisotopic (exact) mass is 385 g/mol. The molecule has 28 heavy (non-hydrogen) atoms. The molecule has 1 heterocycles. The largest absolute Gasteiger partial charge is 0.493 e. The molecule has 2 aromatic carbocycles. The number of nitrogens with zero attached hydrogens (tertiary/aromatic N) is 2. The van der Waals surface area contributed by atoms with E-state index < -0.39 is 28.8 Å². The lowest BCUT2D eigenvalue weighted by Gasteiger charge is -2.15. The number of benzene rings is 2. The van der Waals surface area contributed by atoms with E-state index in [9.17, 15) is 23.5 Å². The molecule has 0 aliphatic rings. The Balaban J connectivity index is 2.20. The number of halogens is 2. The van der Waals surface area contributed by atoms with Crippen LogP contribution in [-0.2, 0) is 0 Å². The standard InChI is InChI=1S/C20H17F2N3O3/c1-10-6-11(2)17(12(3)7-10)25-19(27)14(18(26)24-20(25)28)9-23-16-5-4-13(21)8-15(16)22/h4-9,27H,1-3H3,(H,24,26,28). The van der Waals surface area contributed by atoms with Gasteiger partial charge in [0.25, 0.3) is 5.56 Å². The fourth-order valence-corrected chi connectivity index (χ4v) is 3.11. The number of aromatic hydroxyl groups is 1. The molecule has 3 aromatic rings. The van der Waals surface area contributed by atoms with Crippen LogP contribution in [0.2, 0.25) is 0 Å². The number of aromatic nitrogens is 2. The van der Waals surface area contributed by atoms with Gasteiger partial charge in [-0.25, -0.2) is 18.1 Å². The lowest BCUT2D eigenvalue weighted by atomic mass is 10.0. The Hall–Kier alpha value is -3.55. The van der Waals surface area contributed by atoms with Crippen molar-refractivity contribution < 1.29 is 13.9 Å². The minimum atomic E-state index is -0.925. The Kier molecular flexibility index (Phi) is 4.96. The maximum absolute atomic E-state index is 13.7. The molecule has 3 rings (SSSR count). The lowest BCUT2D eigenvalue weighted by molar-refractivity contribution is 0.429. The zero-order valence-electron chi connectivity index (χ0n) is 15.4. The summed E-state index contributed by atoms with van der Waals surface area (Å²) >= 11 is 0. The third kappa shape index (κ3) is 3.48. The average molecular weight is 385 g/mol. The number of aromatic amines is 1. The summed E-state index contributed by atoms with van der Waals surface area (Å²) in [7, 11) is 0. The highest BCUT2D eigenvalue weighted by atomic mass is 19.1. The van der Waals surface area contributed by atoms with Gasteiger partial charge in [0, 0.05) is 12.3 Å². The fourth-order valence-electron chi connectivity index (χ4n) is 3.11. The summed E-state index contributed by atoms with van der Waals surface area (Å²) in [6.07, 6.45) is 0.930. The summed E-state index contributed by atoms with van der Waals surface area (Å²) in [6, 6.07) is 6.43. The molecule has 0 saturated heterocycles. The third-order valence-electron chi connectivity index (χ3n) is 4.22. The van der Waals surface area contributed by atoms with Gasteiger partial charge in [0.2, 0.25) is 5.88 Å². The van der Waals surface area contributed by atoms with Crippen molar-refractivity contribution in [2.24, 2.45) is 4.99 Å². The number of hydrogen-bond acceptors (Lipinski definition) is 4. The quantitative estimate of drug-likeness (QED) is 0.679. The van der Waals surface area contributed by atoms with E-state index in [1.54, 1.807) is 13.8 Å². The van der Waals surface area contributed by atoms with Crippen LogP contribution in [0.15, 0.2) is 44.9 Å². The Morgan fingerprint density at radius 2 is 1.71 bits per heavy atom. The van der Waals surface area contributed by atoms with Gasteiger partial charge in [0.05, 0.1) is 11.4 Å². The summed E-state index contributed by atoms with van der Waals surface area (Å²) in [4.78, 5) is 30.4. The summed E-state index contributed by atoms with van der Waals surface area (Å²) in [6.45, 7) is 5.44. The highest BCUT2D eigenvalue weighted by Crippen LogP contribution is 2.24. The minimum Gasteiger partial charge on any atom is -0.493 e. The molecule has 0 amide bonds. The van der Waals surface area contributed by atoms with E-state index in [1.165, 1.54) is 0 Å². The van der Waals surface area contributed by atoms with Crippen molar-refractivity contribution in [3.05, 3.63) is 85.1 Å². The maximum Gasteiger partial charge on any atom is 0.335 e. The third-order valence-corrected chi connectivity index (χ3v) is 4.22.